The molecule has 0 amide bonds. The van der Waals surface area contributed by atoms with Crippen LogP contribution in [0.15, 0.2) is 6.07 Å². The van der Waals surface area contributed by atoms with E-state index in [1.54, 1.807) is 0 Å². The van der Waals surface area contributed by atoms with Gasteiger partial charge in [0, 0.05) is 4.98 Å². The van der Waals surface area contributed by atoms with E-state index in [0.29, 0.717) is 0 Å². The molecule has 12 heteroatoms. The summed E-state index contributed by atoms with van der Waals surface area (Å²) in [6.07, 6.45) is -8.91. The van der Waals surface area contributed by atoms with E-state index >= 15 is 0 Å². The maximum atomic E-state index is 12.6. The zero-order valence-corrected chi connectivity index (χ0v) is 9.71. The molecule has 20 heavy (non-hydrogen) atoms. The number of carbonyl (C=O) groups is 1. The lowest BCUT2D eigenvalue weighted by Gasteiger charge is -2.09. The average Bonchev–Trinajstić information content (AvgIpc) is 2.25. The van der Waals surface area contributed by atoms with E-state index in [-0.39, 0.29) is 6.07 Å². The second-order valence-electron chi connectivity index (χ2n) is 3.13. The zero-order valence-electron chi connectivity index (χ0n) is 8.95. The highest BCUT2D eigenvalue weighted by molar-refractivity contribution is 6.68. The molecule has 1 heterocycles. The number of rotatable bonds is 4. The average molecular weight is 321 g/mol. The van der Waals surface area contributed by atoms with Crippen molar-refractivity contribution in [2.75, 3.05) is 0 Å². The van der Waals surface area contributed by atoms with Crippen LogP contribution in [0.5, 0.6) is 5.88 Å². The molecular formula is C8H2ClF5N2O4. The third-order valence-corrected chi connectivity index (χ3v) is 2.03. The largest absolute Gasteiger partial charge is 0.575 e. The molecule has 110 valence electrons. The van der Waals surface area contributed by atoms with Crippen molar-refractivity contribution in [3.05, 3.63) is 27.3 Å². The summed E-state index contributed by atoms with van der Waals surface area (Å²) in [7, 11) is 0. The molecule has 0 aliphatic carbocycles. The summed E-state index contributed by atoms with van der Waals surface area (Å²) in [5.41, 5.74) is -2.52. The van der Waals surface area contributed by atoms with Gasteiger partial charge in [-0.2, -0.15) is 0 Å². The van der Waals surface area contributed by atoms with Crippen LogP contribution in [0.25, 0.3) is 0 Å². The Labute approximate surface area is 111 Å². The maximum absolute atomic E-state index is 12.6. The first-order chi connectivity index (χ1) is 9.03. The molecule has 0 aliphatic heterocycles. The van der Waals surface area contributed by atoms with E-state index in [0.717, 1.165) is 0 Å². The Balaban J connectivity index is 3.53. The monoisotopic (exact) mass is 320 g/mol. The van der Waals surface area contributed by atoms with Gasteiger partial charge in [-0.25, -0.2) is 8.78 Å². The number of nitro groups is 1. The zero-order chi connectivity index (χ0) is 15.7. The summed E-state index contributed by atoms with van der Waals surface area (Å²) < 4.78 is 64.3. The normalized spacial score (nSPS) is 11.6. The molecule has 1 aromatic heterocycles. The van der Waals surface area contributed by atoms with Gasteiger partial charge in [0.2, 0.25) is 0 Å². The summed E-state index contributed by atoms with van der Waals surface area (Å²) >= 11 is 4.92. The lowest BCUT2D eigenvalue weighted by Crippen LogP contribution is -2.20. The maximum Gasteiger partial charge on any atom is 0.575 e. The molecule has 0 saturated carbocycles. The molecule has 0 aliphatic rings. The smallest absolute Gasteiger partial charge is 0.366 e. The van der Waals surface area contributed by atoms with E-state index in [9.17, 15) is 36.9 Å². The van der Waals surface area contributed by atoms with Crippen LogP contribution in [0.2, 0.25) is 0 Å². The fourth-order valence-electron chi connectivity index (χ4n) is 1.13. The number of carbonyl (C=O) groups excluding carboxylic acids is 1. The van der Waals surface area contributed by atoms with E-state index in [1.807, 2.05) is 0 Å². The topological polar surface area (TPSA) is 82.3 Å². The van der Waals surface area contributed by atoms with Gasteiger partial charge in [-0.3, -0.25) is 4.79 Å². The Bertz CT molecular complexity index is 563. The summed E-state index contributed by atoms with van der Waals surface area (Å²) in [5.74, 6) is -3.14. The van der Waals surface area contributed by atoms with E-state index in [1.165, 1.54) is 0 Å². The van der Waals surface area contributed by atoms with Crippen LogP contribution in [0.4, 0.5) is 27.8 Å². The molecule has 6 nitrogen and oxygen atoms in total. The SMILES string of the molecule is O=C(Cl)c1cc(C(F)F)c(OC(F)(F)F)nc1[N+](=O)[O-]. The van der Waals surface area contributed by atoms with Crippen molar-refractivity contribution in [2.45, 2.75) is 12.8 Å². The number of aromatic nitrogens is 1. The van der Waals surface area contributed by atoms with Gasteiger partial charge in [0.05, 0.1) is 0 Å². The molecule has 0 bridgehead atoms. The molecule has 0 fully saturated rings. The third kappa shape index (κ3) is 3.73. The quantitative estimate of drug-likeness (QED) is 0.368. The molecule has 0 N–H and O–H groups in total. The standard InChI is InChI=1S/C8H2ClF5N2O4/c9-4(17)2-1-3(5(10)11)7(20-8(12,13)14)15-6(2)16(18)19/h1,5H. The summed E-state index contributed by atoms with van der Waals surface area (Å²) in [6.45, 7) is 0. The molecule has 0 radical (unpaired) electrons. The van der Waals surface area contributed by atoms with Crippen molar-refractivity contribution >= 4 is 22.7 Å². The number of hydrogen-bond donors (Lipinski definition) is 0. The van der Waals surface area contributed by atoms with Gasteiger partial charge in [-0.15, -0.1) is 13.2 Å². The molecular weight excluding hydrogens is 319 g/mol. The predicted molar refractivity (Wildman–Crippen MR) is 52.7 cm³/mol. The first kappa shape index (κ1) is 16.0. The van der Waals surface area contributed by atoms with Crippen LogP contribution in [-0.2, 0) is 0 Å². The second kappa shape index (κ2) is 5.53. The Morgan fingerprint density at radius 3 is 2.35 bits per heavy atom. The van der Waals surface area contributed by atoms with E-state index in [2.05, 4.69) is 9.72 Å². The van der Waals surface area contributed by atoms with Crippen molar-refractivity contribution in [1.29, 1.82) is 0 Å². The van der Waals surface area contributed by atoms with Gasteiger partial charge in [-0.05, 0) is 22.6 Å². The minimum atomic E-state index is -5.39. The van der Waals surface area contributed by atoms with Crippen LogP contribution in [0.3, 0.4) is 0 Å². The summed E-state index contributed by atoms with van der Waals surface area (Å²) in [5, 5.41) is 9.01. The first-order valence-electron chi connectivity index (χ1n) is 4.46. The highest BCUT2D eigenvalue weighted by Crippen LogP contribution is 2.35. The Hall–Kier alpha value is -2.04. The van der Waals surface area contributed by atoms with Crippen LogP contribution in [0.1, 0.15) is 22.3 Å². The fourth-order valence-corrected chi connectivity index (χ4v) is 1.27. The Morgan fingerprint density at radius 2 is 2.00 bits per heavy atom. The van der Waals surface area contributed by atoms with Gasteiger partial charge in [0.25, 0.3) is 11.7 Å². The highest BCUT2D eigenvalue weighted by atomic mass is 35.5. The van der Waals surface area contributed by atoms with Crippen molar-refractivity contribution in [3.63, 3.8) is 0 Å². The molecule has 0 spiro atoms. The van der Waals surface area contributed by atoms with Crippen LogP contribution < -0.4 is 4.74 Å². The Morgan fingerprint density at radius 1 is 1.45 bits per heavy atom. The summed E-state index contributed by atoms with van der Waals surface area (Å²) in [6, 6.07) is 0.131. The number of pyridine rings is 1. The Kier molecular flexibility index (Phi) is 4.43. The summed E-state index contributed by atoms with van der Waals surface area (Å²) in [4.78, 5) is 22.7. The lowest BCUT2D eigenvalue weighted by molar-refractivity contribution is -0.390. The fraction of sp³-hybridized carbons (Fsp3) is 0.250. The van der Waals surface area contributed by atoms with Gasteiger partial charge >= 0.3 is 18.1 Å². The number of ether oxygens (including phenoxy) is 1. The van der Waals surface area contributed by atoms with Crippen molar-refractivity contribution in [3.8, 4) is 5.88 Å². The molecule has 0 atom stereocenters. The van der Waals surface area contributed by atoms with Crippen LogP contribution in [0, 0.1) is 10.1 Å². The molecule has 0 saturated heterocycles. The predicted octanol–water partition coefficient (Wildman–Crippen LogP) is 3.21. The second-order valence-corrected chi connectivity index (χ2v) is 3.48. The number of alkyl halides is 5. The van der Waals surface area contributed by atoms with Gasteiger partial charge in [-0.1, -0.05) is 0 Å². The minimum Gasteiger partial charge on any atom is -0.366 e. The van der Waals surface area contributed by atoms with Gasteiger partial charge < -0.3 is 14.9 Å². The van der Waals surface area contributed by atoms with Crippen LogP contribution >= 0.6 is 11.6 Å². The van der Waals surface area contributed by atoms with E-state index < -0.39 is 45.8 Å². The molecule has 0 aromatic carbocycles. The molecule has 0 unspecified atom stereocenters. The van der Waals surface area contributed by atoms with Crippen molar-refractivity contribution < 1.29 is 36.4 Å². The van der Waals surface area contributed by atoms with Gasteiger partial charge in [0.15, 0.2) is 0 Å². The van der Waals surface area contributed by atoms with Crippen molar-refractivity contribution in [2.24, 2.45) is 0 Å². The van der Waals surface area contributed by atoms with Gasteiger partial charge in [0.1, 0.15) is 11.1 Å². The third-order valence-electron chi connectivity index (χ3n) is 1.83. The lowest BCUT2D eigenvalue weighted by atomic mass is 10.2. The number of nitrogens with zero attached hydrogens (tertiary/aromatic N) is 2. The van der Waals surface area contributed by atoms with Crippen LogP contribution in [-0.4, -0.2) is 21.5 Å². The highest BCUT2D eigenvalue weighted by Gasteiger charge is 2.38. The number of halogens is 6. The number of hydrogen-bond acceptors (Lipinski definition) is 5. The van der Waals surface area contributed by atoms with E-state index in [4.69, 9.17) is 11.6 Å². The first-order valence-corrected chi connectivity index (χ1v) is 4.83. The molecule has 1 aromatic rings. The van der Waals surface area contributed by atoms with Crippen molar-refractivity contribution in [1.82, 2.24) is 4.98 Å². The molecule has 1 rings (SSSR count). The minimum absolute atomic E-state index is 0.131.